The Morgan fingerprint density at radius 2 is 1.86 bits per heavy atom. The maximum Gasteiger partial charge on any atom is 0.252 e. The van der Waals surface area contributed by atoms with Crippen LogP contribution in [-0.2, 0) is 14.6 Å². The molecule has 0 heterocycles. The second-order valence-corrected chi connectivity index (χ2v) is 8.47. The molecule has 0 aromatic heterocycles. The van der Waals surface area contributed by atoms with Gasteiger partial charge in [0, 0.05) is 12.7 Å². The summed E-state index contributed by atoms with van der Waals surface area (Å²) in [7, 11) is -2.00. The summed E-state index contributed by atoms with van der Waals surface area (Å²) in [4.78, 5) is 12.1. The Morgan fingerprint density at radius 1 is 1.23 bits per heavy atom. The van der Waals surface area contributed by atoms with Gasteiger partial charge in [-0.3, -0.25) is 4.79 Å². The first-order valence-corrected chi connectivity index (χ1v) is 9.57. The predicted molar refractivity (Wildman–Crippen MR) is 84.5 cm³/mol. The Kier molecular flexibility index (Phi) is 4.32. The van der Waals surface area contributed by atoms with E-state index in [4.69, 9.17) is 16.3 Å². The average Bonchev–Trinajstić information content (AvgIpc) is 3.36. The molecule has 0 spiro atoms. The van der Waals surface area contributed by atoms with Crippen molar-refractivity contribution in [2.24, 2.45) is 0 Å². The van der Waals surface area contributed by atoms with Crippen LogP contribution in [0.3, 0.4) is 0 Å². The first-order chi connectivity index (χ1) is 10.5. The van der Waals surface area contributed by atoms with E-state index in [0.29, 0.717) is 21.9 Å². The Labute approximate surface area is 135 Å². The largest absolute Gasteiger partial charge is 0.384 e. The minimum atomic E-state index is -3.49. The van der Waals surface area contributed by atoms with Gasteiger partial charge < -0.3 is 4.74 Å². The summed E-state index contributed by atoms with van der Waals surface area (Å²) < 4.78 is 30.6. The fraction of sp³-hybridized carbons (Fsp3) is 0.562. The molecule has 3 rings (SSSR count). The topological polar surface area (TPSA) is 60.4 Å². The third kappa shape index (κ3) is 3.07. The maximum atomic E-state index is 12.8. The fourth-order valence-corrected chi connectivity index (χ4v) is 4.88. The Hall–Kier alpha value is -0.910. The summed E-state index contributed by atoms with van der Waals surface area (Å²) in [5.41, 5.74) is 1.87. The molecule has 2 aliphatic carbocycles. The zero-order valence-corrected chi connectivity index (χ0v) is 14.0. The van der Waals surface area contributed by atoms with E-state index in [1.165, 1.54) is 7.11 Å². The van der Waals surface area contributed by atoms with Crippen LogP contribution in [0.4, 0.5) is 0 Å². The highest BCUT2D eigenvalue weighted by Gasteiger charge is 2.39. The van der Waals surface area contributed by atoms with Gasteiger partial charge in [-0.25, -0.2) is 8.42 Å². The Balaban J connectivity index is 2.19. The number of sulfone groups is 1. The zero-order chi connectivity index (χ0) is 15.9. The molecule has 1 aromatic carbocycles. The molecule has 2 fully saturated rings. The quantitative estimate of drug-likeness (QED) is 0.714. The van der Waals surface area contributed by atoms with Crippen molar-refractivity contribution in [3.05, 3.63) is 28.8 Å². The van der Waals surface area contributed by atoms with Crippen molar-refractivity contribution in [3.8, 4) is 0 Å². The highest BCUT2D eigenvalue weighted by atomic mass is 35.5. The summed E-state index contributed by atoms with van der Waals surface area (Å²) in [5, 5.41) is -0.576. The van der Waals surface area contributed by atoms with Gasteiger partial charge in [0.05, 0.1) is 17.3 Å². The maximum absolute atomic E-state index is 12.8. The normalized spacial score (nSPS) is 18.5. The van der Waals surface area contributed by atoms with Crippen LogP contribution in [0.25, 0.3) is 0 Å². The van der Waals surface area contributed by atoms with Crippen molar-refractivity contribution in [3.63, 3.8) is 0 Å². The molecule has 2 aliphatic rings. The third-order valence-electron chi connectivity index (χ3n) is 4.31. The van der Waals surface area contributed by atoms with E-state index in [2.05, 4.69) is 0 Å². The molecule has 0 aliphatic heterocycles. The van der Waals surface area contributed by atoms with Gasteiger partial charge in [-0.1, -0.05) is 6.07 Å². The first-order valence-electron chi connectivity index (χ1n) is 7.54. The van der Waals surface area contributed by atoms with Crippen LogP contribution in [-0.4, -0.2) is 33.1 Å². The van der Waals surface area contributed by atoms with Gasteiger partial charge in [0.2, 0.25) is 0 Å². The van der Waals surface area contributed by atoms with Gasteiger partial charge in [0.25, 0.3) is 5.24 Å². The van der Waals surface area contributed by atoms with Crippen molar-refractivity contribution in [2.75, 3.05) is 19.5 Å². The standard InChI is InChI=1S/C16H19ClO4S/c1-21-8-9-22(19,20)15-12(10-2-3-10)6-7-13(16(17)18)14(15)11-4-5-11/h6-7,10-11H,2-5,8-9H2,1H3. The first kappa shape index (κ1) is 16.0. The van der Waals surface area contributed by atoms with E-state index in [1.807, 2.05) is 0 Å². The van der Waals surface area contributed by atoms with Crippen molar-refractivity contribution < 1.29 is 17.9 Å². The van der Waals surface area contributed by atoms with Gasteiger partial charge in [-0.15, -0.1) is 0 Å². The lowest BCUT2D eigenvalue weighted by Crippen LogP contribution is -2.17. The predicted octanol–water partition coefficient (Wildman–Crippen LogP) is 3.24. The number of hydrogen-bond donors (Lipinski definition) is 0. The van der Waals surface area contributed by atoms with Crippen molar-refractivity contribution in [2.45, 2.75) is 42.4 Å². The van der Waals surface area contributed by atoms with Gasteiger partial charge >= 0.3 is 0 Å². The molecule has 0 amide bonds. The third-order valence-corrected chi connectivity index (χ3v) is 6.29. The van der Waals surface area contributed by atoms with E-state index >= 15 is 0 Å². The molecule has 0 unspecified atom stereocenters. The van der Waals surface area contributed by atoms with Crippen molar-refractivity contribution >= 4 is 26.7 Å². The molecular formula is C16H19ClO4S. The van der Waals surface area contributed by atoms with Crippen LogP contribution in [0, 0.1) is 0 Å². The molecule has 0 radical (unpaired) electrons. The summed E-state index contributed by atoms with van der Waals surface area (Å²) in [5.74, 6) is 0.371. The molecule has 0 saturated heterocycles. The molecular weight excluding hydrogens is 324 g/mol. The second kappa shape index (κ2) is 5.95. The summed E-state index contributed by atoms with van der Waals surface area (Å²) in [6.07, 6.45) is 3.84. The lowest BCUT2D eigenvalue weighted by Gasteiger charge is -2.17. The zero-order valence-electron chi connectivity index (χ0n) is 12.5. The number of hydrogen-bond acceptors (Lipinski definition) is 4. The minimum absolute atomic E-state index is 0.0666. The van der Waals surface area contributed by atoms with E-state index in [0.717, 1.165) is 31.2 Å². The number of methoxy groups -OCH3 is 1. The average molecular weight is 343 g/mol. The summed E-state index contributed by atoms with van der Waals surface area (Å²) in [6.45, 7) is 0.148. The van der Waals surface area contributed by atoms with Crippen molar-refractivity contribution in [1.82, 2.24) is 0 Å². The molecule has 4 nitrogen and oxygen atoms in total. The summed E-state index contributed by atoms with van der Waals surface area (Å²) in [6, 6.07) is 3.48. The Bertz CT molecular complexity index is 703. The fourth-order valence-electron chi connectivity index (χ4n) is 2.92. The SMILES string of the molecule is COCCS(=O)(=O)c1c(C2CC2)ccc(C(=O)Cl)c1C1CC1. The monoisotopic (exact) mass is 342 g/mol. The van der Waals surface area contributed by atoms with Gasteiger partial charge in [-0.05, 0) is 66.3 Å². The number of halogens is 1. The lowest BCUT2D eigenvalue weighted by molar-refractivity contribution is 0.108. The van der Waals surface area contributed by atoms with E-state index in [-0.39, 0.29) is 18.3 Å². The van der Waals surface area contributed by atoms with Gasteiger partial charge in [-0.2, -0.15) is 0 Å². The highest BCUT2D eigenvalue weighted by Crippen LogP contribution is 2.50. The molecule has 22 heavy (non-hydrogen) atoms. The number of carbonyl (C=O) groups is 1. The molecule has 2 saturated carbocycles. The van der Waals surface area contributed by atoms with E-state index in [1.54, 1.807) is 12.1 Å². The number of rotatable bonds is 7. The molecule has 0 atom stereocenters. The highest BCUT2D eigenvalue weighted by molar-refractivity contribution is 7.91. The second-order valence-electron chi connectivity index (χ2n) is 6.08. The molecule has 6 heteroatoms. The van der Waals surface area contributed by atoms with Crippen LogP contribution in [0.15, 0.2) is 17.0 Å². The molecule has 0 bridgehead atoms. The Morgan fingerprint density at radius 3 is 2.36 bits per heavy atom. The number of benzene rings is 1. The molecule has 1 aromatic rings. The van der Waals surface area contributed by atoms with E-state index in [9.17, 15) is 13.2 Å². The van der Waals surface area contributed by atoms with Crippen LogP contribution in [0.1, 0.15) is 59.0 Å². The van der Waals surface area contributed by atoms with Crippen LogP contribution >= 0.6 is 11.6 Å². The van der Waals surface area contributed by atoms with Crippen molar-refractivity contribution in [1.29, 1.82) is 0 Å². The smallest absolute Gasteiger partial charge is 0.252 e. The minimum Gasteiger partial charge on any atom is -0.384 e. The molecule has 120 valence electrons. The van der Waals surface area contributed by atoms with E-state index < -0.39 is 15.1 Å². The van der Waals surface area contributed by atoms with Gasteiger partial charge in [0.15, 0.2) is 9.84 Å². The molecule has 0 N–H and O–H groups in total. The summed E-state index contributed by atoms with van der Waals surface area (Å²) >= 11 is 5.70. The lowest BCUT2D eigenvalue weighted by atomic mass is 9.98. The van der Waals surface area contributed by atoms with Crippen LogP contribution < -0.4 is 0 Å². The number of ether oxygens (including phenoxy) is 1. The van der Waals surface area contributed by atoms with Crippen LogP contribution in [0.2, 0.25) is 0 Å². The van der Waals surface area contributed by atoms with Gasteiger partial charge in [0.1, 0.15) is 0 Å². The number of carbonyl (C=O) groups excluding carboxylic acids is 1. The van der Waals surface area contributed by atoms with Crippen LogP contribution in [0.5, 0.6) is 0 Å².